The molecule has 1 fully saturated rings. The molecule has 0 spiro atoms. The van der Waals surface area contributed by atoms with E-state index in [1.165, 1.54) is 0 Å². The molecule has 0 radical (unpaired) electrons. The zero-order valence-electron chi connectivity index (χ0n) is 21.7. The van der Waals surface area contributed by atoms with E-state index in [0.717, 1.165) is 28.5 Å². The lowest BCUT2D eigenvalue weighted by molar-refractivity contribution is -0.128. The number of carbonyl (C=O) groups is 1. The summed E-state index contributed by atoms with van der Waals surface area (Å²) in [7, 11) is 1.60. The molecule has 6 heteroatoms. The third kappa shape index (κ3) is 7.04. The fourth-order valence-electron chi connectivity index (χ4n) is 4.85. The Balaban J connectivity index is 1.51. The summed E-state index contributed by atoms with van der Waals surface area (Å²) < 4.78 is 36.2. The first-order valence-electron chi connectivity index (χ1n) is 12.5. The number of hydrogen-bond donors (Lipinski definition) is 0. The summed E-state index contributed by atoms with van der Waals surface area (Å²) in [6.07, 6.45) is 1.17. The average Bonchev–Trinajstić information content (AvgIpc) is 3.07. The van der Waals surface area contributed by atoms with Gasteiger partial charge in [0.05, 0.1) is 13.7 Å². The SMILES string of the molecule is COc1ccc(CN2C(=O)C(=CC(F)(F)CN(Cc3ccccc3)Cc3ccccc3)CC2(C)C)cc1. The van der Waals surface area contributed by atoms with Gasteiger partial charge in [-0.15, -0.1) is 0 Å². The minimum Gasteiger partial charge on any atom is -0.497 e. The van der Waals surface area contributed by atoms with E-state index in [0.29, 0.717) is 19.6 Å². The number of hydrogen-bond acceptors (Lipinski definition) is 3. The van der Waals surface area contributed by atoms with Gasteiger partial charge in [-0.25, -0.2) is 8.78 Å². The zero-order valence-corrected chi connectivity index (χ0v) is 21.7. The van der Waals surface area contributed by atoms with Gasteiger partial charge in [-0.1, -0.05) is 72.8 Å². The topological polar surface area (TPSA) is 32.8 Å². The predicted octanol–water partition coefficient (Wildman–Crippen LogP) is 6.47. The maximum absolute atomic E-state index is 15.5. The Bertz CT molecular complexity index is 1170. The van der Waals surface area contributed by atoms with E-state index in [2.05, 4.69) is 0 Å². The fraction of sp³-hybridized carbons (Fsp3) is 0.323. The normalized spacial score (nSPS) is 16.5. The van der Waals surface area contributed by atoms with Crippen LogP contribution in [0.3, 0.4) is 0 Å². The van der Waals surface area contributed by atoms with Crippen LogP contribution in [0.25, 0.3) is 0 Å². The van der Waals surface area contributed by atoms with Crippen LogP contribution in [-0.4, -0.2) is 40.8 Å². The van der Waals surface area contributed by atoms with Crippen LogP contribution >= 0.6 is 0 Å². The quantitative estimate of drug-likeness (QED) is 0.297. The lowest BCUT2D eigenvalue weighted by atomic mass is 9.98. The van der Waals surface area contributed by atoms with E-state index >= 15 is 8.78 Å². The van der Waals surface area contributed by atoms with Crippen molar-refractivity contribution in [3.05, 3.63) is 113 Å². The minimum atomic E-state index is -3.17. The van der Waals surface area contributed by atoms with Crippen LogP contribution in [-0.2, 0) is 24.4 Å². The van der Waals surface area contributed by atoms with Gasteiger partial charge >= 0.3 is 0 Å². The molecule has 0 bridgehead atoms. The second-order valence-electron chi connectivity index (χ2n) is 10.3. The van der Waals surface area contributed by atoms with Gasteiger partial charge in [0.1, 0.15) is 5.75 Å². The maximum Gasteiger partial charge on any atom is 0.279 e. The van der Waals surface area contributed by atoms with Crippen molar-refractivity contribution in [3.63, 3.8) is 0 Å². The number of amides is 1. The number of nitrogens with zero attached hydrogens (tertiary/aromatic N) is 2. The molecule has 1 aliphatic rings. The molecular weight excluding hydrogens is 470 g/mol. The third-order valence-electron chi connectivity index (χ3n) is 6.69. The molecule has 1 amide bonds. The Morgan fingerprint density at radius 3 is 1.95 bits per heavy atom. The van der Waals surface area contributed by atoms with E-state index in [1.54, 1.807) is 16.9 Å². The molecule has 0 atom stereocenters. The molecular formula is C31H34F2N2O2. The Hall–Kier alpha value is -3.51. The van der Waals surface area contributed by atoms with E-state index in [9.17, 15) is 4.79 Å². The summed E-state index contributed by atoms with van der Waals surface area (Å²) in [6, 6.07) is 26.7. The Morgan fingerprint density at radius 2 is 1.43 bits per heavy atom. The lowest BCUT2D eigenvalue weighted by Crippen LogP contribution is -2.40. The van der Waals surface area contributed by atoms with Gasteiger partial charge in [0.2, 0.25) is 0 Å². The van der Waals surface area contributed by atoms with Gasteiger partial charge in [-0.05, 0) is 48.7 Å². The van der Waals surface area contributed by atoms with Crippen LogP contribution in [0.2, 0.25) is 0 Å². The molecule has 3 aromatic rings. The first-order valence-corrected chi connectivity index (χ1v) is 12.5. The molecule has 1 saturated heterocycles. The number of halogens is 2. The first kappa shape index (κ1) is 26.6. The molecule has 0 unspecified atom stereocenters. The van der Waals surface area contributed by atoms with Gasteiger partial charge in [0.25, 0.3) is 11.8 Å². The van der Waals surface area contributed by atoms with Gasteiger partial charge in [0.15, 0.2) is 0 Å². The van der Waals surface area contributed by atoms with Crippen molar-refractivity contribution in [3.8, 4) is 5.75 Å². The smallest absolute Gasteiger partial charge is 0.279 e. The van der Waals surface area contributed by atoms with E-state index in [4.69, 9.17) is 4.74 Å². The summed E-state index contributed by atoms with van der Waals surface area (Å²) in [5, 5.41) is 0. The molecule has 0 N–H and O–H groups in total. The number of rotatable bonds is 10. The van der Waals surface area contributed by atoms with Crippen molar-refractivity contribution in [2.24, 2.45) is 0 Å². The van der Waals surface area contributed by atoms with E-state index < -0.39 is 18.0 Å². The zero-order chi connectivity index (χ0) is 26.5. The Morgan fingerprint density at radius 1 is 0.892 bits per heavy atom. The molecule has 0 saturated carbocycles. The molecule has 1 aliphatic heterocycles. The van der Waals surface area contributed by atoms with Crippen LogP contribution in [0, 0.1) is 0 Å². The summed E-state index contributed by atoms with van der Waals surface area (Å²) in [6.45, 7) is 4.49. The van der Waals surface area contributed by atoms with Crippen molar-refractivity contribution in [1.29, 1.82) is 0 Å². The Labute approximate surface area is 218 Å². The highest BCUT2D eigenvalue weighted by Crippen LogP contribution is 2.37. The highest BCUT2D eigenvalue weighted by molar-refractivity contribution is 5.97. The van der Waals surface area contributed by atoms with Gasteiger partial charge in [-0.2, -0.15) is 0 Å². The monoisotopic (exact) mass is 504 g/mol. The van der Waals surface area contributed by atoms with Gasteiger partial charge in [0, 0.05) is 37.2 Å². The number of methoxy groups -OCH3 is 1. The van der Waals surface area contributed by atoms with Crippen LogP contribution in [0.4, 0.5) is 8.78 Å². The number of likely N-dealkylation sites (tertiary alicyclic amines) is 1. The predicted molar refractivity (Wildman–Crippen MR) is 142 cm³/mol. The number of alkyl halides is 2. The molecule has 4 nitrogen and oxygen atoms in total. The Kier molecular flexibility index (Phi) is 8.08. The molecule has 0 aromatic heterocycles. The van der Waals surface area contributed by atoms with E-state index in [1.807, 2.05) is 98.8 Å². The number of carbonyl (C=O) groups excluding carboxylic acids is 1. The molecule has 3 aromatic carbocycles. The maximum atomic E-state index is 15.5. The van der Waals surface area contributed by atoms with Crippen molar-refractivity contribution in [1.82, 2.24) is 9.80 Å². The van der Waals surface area contributed by atoms with Crippen LogP contribution < -0.4 is 4.74 Å². The van der Waals surface area contributed by atoms with E-state index in [-0.39, 0.29) is 17.9 Å². The fourth-order valence-corrected chi connectivity index (χ4v) is 4.85. The lowest BCUT2D eigenvalue weighted by Gasteiger charge is -2.31. The minimum absolute atomic E-state index is 0.169. The summed E-state index contributed by atoms with van der Waals surface area (Å²) in [4.78, 5) is 16.7. The van der Waals surface area contributed by atoms with Crippen LogP contribution in [0.5, 0.6) is 5.75 Å². The highest BCUT2D eigenvalue weighted by atomic mass is 19.3. The van der Waals surface area contributed by atoms with Crippen molar-refractivity contribution < 1.29 is 18.3 Å². The van der Waals surface area contributed by atoms with Crippen molar-refractivity contribution in [2.45, 2.75) is 51.4 Å². The second kappa shape index (κ2) is 11.3. The molecule has 194 valence electrons. The summed E-state index contributed by atoms with van der Waals surface area (Å²) >= 11 is 0. The van der Waals surface area contributed by atoms with Gasteiger partial charge in [-0.3, -0.25) is 9.69 Å². The molecule has 37 heavy (non-hydrogen) atoms. The van der Waals surface area contributed by atoms with Crippen molar-refractivity contribution >= 4 is 5.91 Å². The van der Waals surface area contributed by atoms with Crippen LogP contribution in [0.1, 0.15) is 37.0 Å². The summed E-state index contributed by atoms with van der Waals surface area (Å²) in [5.74, 6) is -2.77. The first-order chi connectivity index (χ1) is 17.6. The van der Waals surface area contributed by atoms with Crippen LogP contribution in [0.15, 0.2) is 96.6 Å². The molecule has 4 rings (SSSR count). The van der Waals surface area contributed by atoms with Gasteiger partial charge < -0.3 is 9.64 Å². The number of benzene rings is 3. The number of ether oxygens (including phenoxy) is 1. The highest BCUT2D eigenvalue weighted by Gasteiger charge is 2.43. The third-order valence-corrected chi connectivity index (χ3v) is 6.69. The standard InChI is InChI=1S/C31H34F2N2O2/c1-30(2)18-27(29(36)35(30)22-26-14-16-28(37-3)17-15-26)19-31(32,33)23-34(20-24-10-6-4-7-11-24)21-25-12-8-5-9-13-25/h4-17,19H,18,20-23H2,1-3H3. The average molecular weight is 505 g/mol. The van der Waals surface area contributed by atoms with Crippen molar-refractivity contribution in [2.75, 3.05) is 13.7 Å². The molecule has 0 aliphatic carbocycles. The molecule has 1 heterocycles. The summed E-state index contributed by atoms with van der Waals surface area (Å²) in [5.41, 5.74) is 2.46. The second-order valence-corrected chi connectivity index (χ2v) is 10.3. The largest absolute Gasteiger partial charge is 0.497 e.